The van der Waals surface area contributed by atoms with E-state index in [2.05, 4.69) is 10.0 Å². The van der Waals surface area contributed by atoms with E-state index in [0.717, 1.165) is 0 Å². The Bertz CT molecular complexity index is 512. The lowest BCUT2D eigenvalue weighted by atomic mass is 10.1. The van der Waals surface area contributed by atoms with Crippen LogP contribution in [-0.2, 0) is 14.8 Å². The molecule has 0 amide bonds. The minimum absolute atomic E-state index is 0.223. The molecule has 108 valence electrons. The summed E-state index contributed by atoms with van der Waals surface area (Å²) in [5.41, 5.74) is 0.0420. The third-order valence-electron chi connectivity index (χ3n) is 2.67. The normalized spacial score (nSPS) is 12.4. The highest BCUT2D eigenvalue weighted by Crippen LogP contribution is 2.20. The number of ether oxygens (including phenoxy) is 1. The highest BCUT2D eigenvalue weighted by molar-refractivity contribution is 7.89. The highest BCUT2D eigenvalue weighted by Gasteiger charge is 2.23. The van der Waals surface area contributed by atoms with E-state index in [1.54, 1.807) is 31.3 Å². The molecule has 2 N–H and O–H groups in total. The molecule has 0 aromatic heterocycles. The third-order valence-corrected chi connectivity index (χ3v) is 4.13. The van der Waals surface area contributed by atoms with E-state index < -0.39 is 15.6 Å². The van der Waals surface area contributed by atoms with Gasteiger partial charge in [-0.15, -0.1) is 0 Å². The van der Waals surface area contributed by atoms with Gasteiger partial charge in [0.25, 0.3) is 0 Å². The lowest BCUT2D eigenvalue weighted by Gasteiger charge is -2.25. The Balaban J connectivity index is 2.87. The standard InChI is InChI=1S/C13H22N2O3S/c1-5-18-13(2,3)10-15-19(16,17)12-9-7-6-8-11(12)14-4/h6-9,14-15H,5,10H2,1-4H3. The van der Waals surface area contributed by atoms with Gasteiger partial charge in [-0.2, -0.15) is 0 Å². The molecule has 0 unspecified atom stereocenters. The van der Waals surface area contributed by atoms with Gasteiger partial charge in [0.1, 0.15) is 4.90 Å². The van der Waals surface area contributed by atoms with Crippen LogP contribution in [0, 0.1) is 0 Å². The first kappa shape index (κ1) is 15.9. The first-order valence-corrected chi connectivity index (χ1v) is 7.71. The Morgan fingerprint density at radius 2 is 1.89 bits per heavy atom. The summed E-state index contributed by atoms with van der Waals surface area (Å²) in [7, 11) is -1.85. The molecule has 6 heteroatoms. The van der Waals surface area contributed by atoms with Crippen molar-refractivity contribution in [3.63, 3.8) is 0 Å². The van der Waals surface area contributed by atoms with Gasteiger partial charge < -0.3 is 10.1 Å². The lowest BCUT2D eigenvalue weighted by molar-refractivity contribution is -0.00514. The van der Waals surface area contributed by atoms with E-state index >= 15 is 0 Å². The second-order valence-electron chi connectivity index (χ2n) is 4.76. The van der Waals surface area contributed by atoms with Crippen LogP contribution in [0.5, 0.6) is 0 Å². The van der Waals surface area contributed by atoms with Crippen LogP contribution < -0.4 is 10.0 Å². The van der Waals surface area contributed by atoms with Crippen LogP contribution >= 0.6 is 0 Å². The summed E-state index contributed by atoms with van der Waals surface area (Å²) in [5.74, 6) is 0. The number of benzene rings is 1. The van der Waals surface area contributed by atoms with Gasteiger partial charge in [0.15, 0.2) is 0 Å². The second-order valence-corrected chi connectivity index (χ2v) is 6.50. The largest absolute Gasteiger partial charge is 0.387 e. The first-order chi connectivity index (χ1) is 8.82. The van der Waals surface area contributed by atoms with Gasteiger partial charge in [-0.05, 0) is 32.9 Å². The predicted molar refractivity (Wildman–Crippen MR) is 76.9 cm³/mol. The average Bonchev–Trinajstić information content (AvgIpc) is 2.37. The molecule has 0 spiro atoms. The fraction of sp³-hybridized carbons (Fsp3) is 0.538. The monoisotopic (exact) mass is 286 g/mol. The summed E-state index contributed by atoms with van der Waals surface area (Å²) < 4.78 is 32.6. The Labute approximate surface area is 115 Å². The molecule has 5 nitrogen and oxygen atoms in total. The molecule has 0 bridgehead atoms. The molecular formula is C13H22N2O3S. The van der Waals surface area contributed by atoms with E-state index in [1.165, 1.54) is 0 Å². The number of sulfonamides is 1. The number of hydrogen-bond donors (Lipinski definition) is 2. The zero-order chi connectivity index (χ0) is 14.5. The highest BCUT2D eigenvalue weighted by atomic mass is 32.2. The van der Waals surface area contributed by atoms with Crippen molar-refractivity contribution in [1.29, 1.82) is 0 Å². The summed E-state index contributed by atoms with van der Waals surface area (Å²) in [4.78, 5) is 0.241. The smallest absolute Gasteiger partial charge is 0.242 e. The molecule has 0 saturated carbocycles. The molecule has 0 fully saturated rings. The van der Waals surface area contributed by atoms with Crippen LogP contribution in [0.15, 0.2) is 29.2 Å². The summed E-state index contributed by atoms with van der Waals surface area (Å²) in [6, 6.07) is 6.78. The molecule has 0 aliphatic rings. The van der Waals surface area contributed by atoms with Crippen molar-refractivity contribution in [2.75, 3.05) is 25.5 Å². The topological polar surface area (TPSA) is 67.4 Å². The number of rotatable bonds is 7. The number of anilines is 1. The molecule has 0 aliphatic heterocycles. The zero-order valence-electron chi connectivity index (χ0n) is 11.9. The van der Waals surface area contributed by atoms with Crippen molar-refractivity contribution in [3.05, 3.63) is 24.3 Å². The van der Waals surface area contributed by atoms with Crippen LogP contribution in [0.4, 0.5) is 5.69 Å². The Hall–Kier alpha value is -1.11. The van der Waals surface area contributed by atoms with Crippen molar-refractivity contribution < 1.29 is 13.2 Å². The molecule has 1 aromatic carbocycles. The SMILES string of the molecule is CCOC(C)(C)CNS(=O)(=O)c1ccccc1NC. The van der Waals surface area contributed by atoms with Crippen LogP contribution in [0.3, 0.4) is 0 Å². The molecule has 0 saturated heterocycles. The van der Waals surface area contributed by atoms with Gasteiger partial charge in [-0.3, -0.25) is 0 Å². The quantitative estimate of drug-likeness (QED) is 0.802. The number of nitrogens with one attached hydrogen (secondary N) is 2. The third kappa shape index (κ3) is 4.49. The minimum atomic E-state index is -3.55. The first-order valence-electron chi connectivity index (χ1n) is 6.23. The van der Waals surface area contributed by atoms with Gasteiger partial charge in [-0.25, -0.2) is 13.1 Å². The summed E-state index contributed by atoms with van der Waals surface area (Å²) >= 11 is 0. The summed E-state index contributed by atoms with van der Waals surface area (Å²) in [5, 5.41) is 2.87. The van der Waals surface area contributed by atoms with Crippen molar-refractivity contribution in [2.45, 2.75) is 31.3 Å². The second kappa shape index (κ2) is 6.36. The van der Waals surface area contributed by atoms with Crippen molar-refractivity contribution >= 4 is 15.7 Å². The zero-order valence-corrected chi connectivity index (χ0v) is 12.7. The molecule has 0 atom stereocenters. The van der Waals surface area contributed by atoms with Gasteiger partial charge in [0, 0.05) is 20.2 Å². The van der Waals surface area contributed by atoms with Crippen LogP contribution in [0.1, 0.15) is 20.8 Å². The molecule has 1 aromatic rings. The lowest BCUT2D eigenvalue weighted by Crippen LogP contribution is -2.40. The number of hydrogen-bond acceptors (Lipinski definition) is 4. The van der Waals surface area contributed by atoms with Crippen molar-refractivity contribution in [3.8, 4) is 0 Å². The van der Waals surface area contributed by atoms with E-state index in [9.17, 15) is 8.42 Å². The van der Waals surface area contributed by atoms with E-state index in [-0.39, 0.29) is 11.4 Å². The van der Waals surface area contributed by atoms with Crippen LogP contribution in [0.2, 0.25) is 0 Å². The van der Waals surface area contributed by atoms with Crippen LogP contribution in [0.25, 0.3) is 0 Å². The summed E-state index contributed by atoms with van der Waals surface area (Å²) in [6.07, 6.45) is 0. The Morgan fingerprint density at radius 3 is 2.47 bits per heavy atom. The summed E-state index contributed by atoms with van der Waals surface area (Å²) in [6.45, 7) is 6.35. The Morgan fingerprint density at radius 1 is 1.26 bits per heavy atom. The van der Waals surface area contributed by atoms with E-state index in [4.69, 9.17) is 4.74 Å². The molecular weight excluding hydrogens is 264 g/mol. The average molecular weight is 286 g/mol. The molecule has 0 heterocycles. The van der Waals surface area contributed by atoms with Crippen molar-refractivity contribution in [1.82, 2.24) is 4.72 Å². The maximum atomic E-state index is 12.3. The molecule has 1 rings (SSSR count). The molecule has 0 radical (unpaired) electrons. The van der Waals surface area contributed by atoms with Gasteiger partial charge in [-0.1, -0.05) is 12.1 Å². The molecule has 0 aliphatic carbocycles. The predicted octanol–water partition coefficient (Wildman–Crippen LogP) is 1.82. The minimum Gasteiger partial charge on any atom is -0.387 e. The maximum Gasteiger partial charge on any atom is 0.242 e. The van der Waals surface area contributed by atoms with Gasteiger partial charge >= 0.3 is 0 Å². The van der Waals surface area contributed by atoms with E-state index in [0.29, 0.717) is 12.3 Å². The number of para-hydroxylation sites is 1. The van der Waals surface area contributed by atoms with E-state index in [1.807, 2.05) is 20.8 Å². The fourth-order valence-electron chi connectivity index (χ4n) is 1.70. The maximum absolute atomic E-state index is 12.3. The fourth-order valence-corrected chi connectivity index (χ4v) is 3.11. The molecule has 19 heavy (non-hydrogen) atoms. The van der Waals surface area contributed by atoms with Crippen molar-refractivity contribution in [2.24, 2.45) is 0 Å². The van der Waals surface area contributed by atoms with Crippen LogP contribution in [-0.4, -0.2) is 34.2 Å². The van der Waals surface area contributed by atoms with Gasteiger partial charge in [0.05, 0.1) is 11.3 Å². The Kier molecular flexibility index (Phi) is 5.34. The van der Waals surface area contributed by atoms with Gasteiger partial charge in [0.2, 0.25) is 10.0 Å².